The van der Waals surface area contributed by atoms with Crippen molar-refractivity contribution in [1.29, 1.82) is 5.26 Å². The fraction of sp³-hybridized carbons (Fsp3) is 0.333. The Kier molecular flexibility index (Phi) is 9.74. The highest BCUT2D eigenvalue weighted by atomic mass is 127. The van der Waals surface area contributed by atoms with Gasteiger partial charge in [0.25, 0.3) is 0 Å². The monoisotopic (exact) mass is 462 g/mol. The number of nitrogens with one attached hydrogen (secondary N) is 2. The van der Waals surface area contributed by atoms with Crippen LogP contribution < -0.4 is 10.6 Å². The number of aryl methyl sites for hydroxylation is 1. The van der Waals surface area contributed by atoms with E-state index in [0.29, 0.717) is 18.0 Å². The van der Waals surface area contributed by atoms with Gasteiger partial charge < -0.3 is 10.6 Å². The predicted octanol–water partition coefficient (Wildman–Crippen LogP) is 4.34. The van der Waals surface area contributed by atoms with Crippen LogP contribution in [0, 0.1) is 18.3 Å². The number of rotatable bonds is 6. The second-order valence-electron chi connectivity index (χ2n) is 6.20. The second-order valence-corrected chi connectivity index (χ2v) is 6.20. The molecule has 2 aromatic rings. The SMILES string of the molecule is CCNC(=NCc1cccc(C#N)c1)NCC(C)c1cccc(C)c1.I. The molecule has 2 rings (SSSR count). The van der Waals surface area contributed by atoms with Crippen molar-refractivity contribution in [2.24, 2.45) is 4.99 Å². The van der Waals surface area contributed by atoms with Gasteiger partial charge in [-0.25, -0.2) is 4.99 Å². The zero-order chi connectivity index (χ0) is 18.1. The van der Waals surface area contributed by atoms with E-state index in [1.807, 2.05) is 18.2 Å². The Morgan fingerprint density at radius 3 is 2.62 bits per heavy atom. The van der Waals surface area contributed by atoms with Gasteiger partial charge in [-0.2, -0.15) is 5.26 Å². The van der Waals surface area contributed by atoms with Gasteiger partial charge >= 0.3 is 0 Å². The van der Waals surface area contributed by atoms with Crippen LogP contribution in [0.25, 0.3) is 0 Å². The Hall–Kier alpha value is -2.07. The molecule has 0 saturated heterocycles. The first kappa shape index (κ1) is 22.0. The number of hydrogen-bond donors (Lipinski definition) is 2. The smallest absolute Gasteiger partial charge is 0.191 e. The minimum Gasteiger partial charge on any atom is -0.357 e. The van der Waals surface area contributed by atoms with Gasteiger partial charge in [0.15, 0.2) is 5.96 Å². The highest BCUT2D eigenvalue weighted by Crippen LogP contribution is 2.15. The van der Waals surface area contributed by atoms with Crippen molar-refractivity contribution in [3.05, 3.63) is 70.8 Å². The van der Waals surface area contributed by atoms with E-state index in [0.717, 1.165) is 24.6 Å². The lowest BCUT2D eigenvalue weighted by atomic mass is 9.99. The summed E-state index contributed by atoms with van der Waals surface area (Å²) in [5.41, 5.74) is 4.30. The summed E-state index contributed by atoms with van der Waals surface area (Å²) in [4.78, 5) is 4.63. The molecule has 0 aliphatic carbocycles. The highest BCUT2D eigenvalue weighted by molar-refractivity contribution is 14.0. The Morgan fingerprint density at radius 1 is 1.15 bits per heavy atom. The third-order valence-corrected chi connectivity index (χ3v) is 4.01. The minimum atomic E-state index is 0. The topological polar surface area (TPSA) is 60.2 Å². The number of benzene rings is 2. The highest BCUT2D eigenvalue weighted by Gasteiger charge is 2.07. The van der Waals surface area contributed by atoms with Crippen molar-refractivity contribution in [3.8, 4) is 6.07 Å². The molecule has 2 N–H and O–H groups in total. The van der Waals surface area contributed by atoms with Crippen LogP contribution in [0.1, 0.15) is 42.0 Å². The lowest BCUT2D eigenvalue weighted by Crippen LogP contribution is -2.39. The summed E-state index contributed by atoms with van der Waals surface area (Å²) >= 11 is 0. The van der Waals surface area contributed by atoms with Gasteiger partial charge in [0.2, 0.25) is 0 Å². The van der Waals surface area contributed by atoms with Crippen molar-refractivity contribution in [2.45, 2.75) is 33.2 Å². The van der Waals surface area contributed by atoms with Crippen LogP contribution in [-0.2, 0) is 6.54 Å². The van der Waals surface area contributed by atoms with Crippen LogP contribution in [0.2, 0.25) is 0 Å². The summed E-state index contributed by atoms with van der Waals surface area (Å²) in [6.45, 7) is 8.55. The molecule has 0 saturated carbocycles. The maximum Gasteiger partial charge on any atom is 0.191 e. The molecule has 138 valence electrons. The van der Waals surface area contributed by atoms with Gasteiger partial charge in [-0.3, -0.25) is 0 Å². The summed E-state index contributed by atoms with van der Waals surface area (Å²) in [7, 11) is 0. The molecule has 0 aliphatic rings. The fourth-order valence-corrected chi connectivity index (χ4v) is 2.60. The molecule has 0 radical (unpaired) electrons. The molecule has 5 heteroatoms. The van der Waals surface area contributed by atoms with E-state index in [4.69, 9.17) is 5.26 Å². The number of nitriles is 1. The Bertz CT molecular complexity index is 765. The van der Waals surface area contributed by atoms with Crippen molar-refractivity contribution in [1.82, 2.24) is 10.6 Å². The van der Waals surface area contributed by atoms with Crippen LogP contribution in [0.15, 0.2) is 53.5 Å². The Labute approximate surface area is 173 Å². The number of hydrogen-bond acceptors (Lipinski definition) is 2. The first-order chi connectivity index (χ1) is 12.1. The molecule has 0 fully saturated rings. The normalized spacial score (nSPS) is 11.8. The van der Waals surface area contributed by atoms with E-state index < -0.39 is 0 Å². The first-order valence-electron chi connectivity index (χ1n) is 8.70. The summed E-state index contributed by atoms with van der Waals surface area (Å²) in [6.07, 6.45) is 0. The van der Waals surface area contributed by atoms with Crippen molar-refractivity contribution < 1.29 is 0 Å². The molecule has 0 heterocycles. The predicted molar refractivity (Wildman–Crippen MR) is 119 cm³/mol. The molecule has 1 unspecified atom stereocenters. The van der Waals surface area contributed by atoms with Crippen LogP contribution in [0.3, 0.4) is 0 Å². The second kappa shape index (κ2) is 11.5. The molecule has 2 aromatic carbocycles. The van der Waals surface area contributed by atoms with E-state index in [1.165, 1.54) is 11.1 Å². The van der Waals surface area contributed by atoms with Crippen LogP contribution in [-0.4, -0.2) is 19.0 Å². The van der Waals surface area contributed by atoms with E-state index in [1.54, 1.807) is 6.07 Å². The van der Waals surface area contributed by atoms with Gasteiger partial charge in [0.1, 0.15) is 0 Å². The third-order valence-electron chi connectivity index (χ3n) is 4.01. The lowest BCUT2D eigenvalue weighted by Gasteiger charge is -2.16. The lowest BCUT2D eigenvalue weighted by molar-refractivity contribution is 0.699. The number of nitrogens with zero attached hydrogens (tertiary/aromatic N) is 2. The molecule has 0 spiro atoms. The molecule has 26 heavy (non-hydrogen) atoms. The van der Waals surface area contributed by atoms with Crippen molar-refractivity contribution >= 4 is 29.9 Å². The summed E-state index contributed by atoms with van der Waals surface area (Å²) in [5.74, 6) is 1.19. The first-order valence-corrected chi connectivity index (χ1v) is 8.70. The van der Waals surface area contributed by atoms with E-state index in [2.05, 4.69) is 66.7 Å². The Balaban J connectivity index is 0.00000338. The molecule has 0 aliphatic heterocycles. The number of guanidine groups is 1. The minimum absolute atomic E-state index is 0. The molecule has 1 atom stereocenters. The largest absolute Gasteiger partial charge is 0.357 e. The van der Waals surface area contributed by atoms with Crippen molar-refractivity contribution in [3.63, 3.8) is 0 Å². The number of halogens is 1. The quantitative estimate of drug-likeness (QED) is 0.382. The maximum absolute atomic E-state index is 8.99. The zero-order valence-electron chi connectivity index (χ0n) is 15.6. The molecule has 0 bridgehead atoms. The zero-order valence-corrected chi connectivity index (χ0v) is 18.0. The average molecular weight is 462 g/mol. The Morgan fingerprint density at radius 2 is 1.92 bits per heavy atom. The van der Waals surface area contributed by atoms with Gasteiger partial charge in [-0.05, 0) is 43.0 Å². The molecule has 4 nitrogen and oxygen atoms in total. The molecule has 0 aromatic heterocycles. The standard InChI is InChI=1S/C21H26N4.HI/c1-4-23-21(25-15-19-9-6-8-18(12-19)13-22)24-14-17(3)20-10-5-7-16(2)11-20;/h5-12,17H,4,14-15H2,1-3H3,(H2,23,24,25);1H. The summed E-state index contributed by atoms with van der Waals surface area (Å²) in [6, 6.07) is 18.3. The third kappa shape index (κ3) is 7.04. The van der Waals surface area contributed by atoms with Gasteiger partial charge in [0.05, 0.1) is 18.2 Å². The van der Waals surface area contributed by atoms with Gasteiger partial charge in [-0.1, -0.05) is 48.9 Å². The van der Waals surface area contributed by atoms with Gasteiger partial charge in [0, 0.05) is 13.1 Å². The molecule has 0 amide bonds. The maximum atomic E-state index is 8.99. The van der Waals surface area contributed by atoms with Crippen LogP contribution in [0.5, 0.6) is 0 Å². The summed E-state index contributed by atoms with van der Waals surface area (Å²) in [5, 5.41) is 15.7. The summed E-state index contributed by atoms with van der Waals surface area (Å²) < 4.78 is 0. The molecular formula is C21H27IN4. The van der Waals surface area contributed by atoms with E-state index in [-0.39, 0.29) is 24.0 Å². The average Bonchev–Trinajstić information content (AvgIpc) is 2.64. The van der Waals surface area contributed by atoms with E-state index in [9.17, 15) is 0 Å². The van der Waals surface area contributed by atoms with Crippen LogP contribution >= 0.6 is 24.0 Å². The van der Waals surface area contributed by atoms with Gasteiger partial charge in [-0.15, -0.1) is 24.0 Å². The van der Waals surface area contributed by atoms with Crippen LogP contribution in [0.4, 0.5) is 0 Å². The van der Waals surface area contributed by atoms with E-state index >= 15 is 0 Å². The molecular weight excluding hydrogens is 435 g/mol. The fourth-order valence-electron chi connectivity index (χ4n) is 2.60. The van der Waals surface area contributed by atoms with Crippen molar-refractivity contribution in [2.75, 3.05) is 13.1 Å². The number of aliphatic imine (C=N–C) groups is 1.